The first-order valence-corrected chi connectivity index (χ1v) is 8.79. The minimum Gasteiger partial charge on any atom is -0.482 e. The Morgan fingerprint density at radius 2 is 2.05 bits per heavy atom. The number of carbonyl (C=O) groups excluding carboxylic acids is 1. The first-order chi connectivity index (χ1) is 10.4. The lowest BCUT2D eigenvalue weighted by atomic mass is 10.2. The minimum absolute atomic E-state index is 0.0109. The number of amides is 1. The highest BCUT2D eigenvalue weighted by atomic mass is 32.2. The molecular weight excluding hydrogens is 324 g/mol. The molecule has 0 aliphatic carbocycles. The molecule has 2 heterocycles. The average Bonchev–Trinajstić information content (AvgIpc) is 2.91. The Bertz CT molecular complexity index is 842. The van der Waals surface area contributed by atoms with Crippen molar-refractivity contribution in [1.82, 2.24) is 0 Å². The molecule has 0 spiro atoms. The SMILES string of the molecule is Cc1ccc(S(=O)(=O)Nc2ccc3c(c2)N(C)C(=O)CO3)s1. The van der Waals surface area contributed by atoms with E-state index in [0.29, 0.717) is 17.1 Å². The molecule has 1 amide bonds. The van der Waals surface area contributed by atoms with Crippen LogP contribution in [0, 0.1) is 6.92 Å². The average molecular weight is 338 g/mol. The molecule has 8 heteroatoms. The molecule has 0 unspecified atom stereocenters. The van der Waals surface area contributed by atoms with E-state index in [1.807, 2.05) is 6.92 Å². The number of benzene rings is 1. The lowest BCUT2D eigenvalue weighted by Gasteiger charge is -2.26. The predicted octanol–water partition coefficient (Wildman–Crippen LogP) is 2.21. The van der Waals surface area contributed by atoms with Gasteiger partial charge in [0, 0.05) is 11.9 Å². The van der Waals surface area contributed by atoms with Crippen LogP contribution in [0.1, 0.15) is 4.88 Å². The molecule has 0 saturated carbocycles. The first-order valence-electron chi connectivity index (χ1n) is 6.49. The van der Waals surface area contributed by atoms with E-state index >= 15 is 0 Å². The molecule has 0 bridgehead atoms. The van der Waals surface area contributed by atoms with E-state index in [4.69, 9.17) is 4.74 Å². The number of thiophene rings is 1. The van der Waals surface area contributed by atoms with E-state index in [2.05, 4.69) is 4.72 Å². The highest BCUT2D eigenvalue weighted by molar-refractivity contribution is 7.94. The van der Waals surface area contributed by atoms with Crippen molar-refractivity contribution >= 4 is 38.6 Å². The Morgan fingerprint density at radius 1 is 1.27 bits per heavy atom. The van der Waals surface area contributed by atoms with Gasteiger partial charge in [-0.1, -0.05) is 0 Å². The van der Waals surface area contributed by atoms with Gasteiger partial charge in [-0.3, -0.25) is 9.52 Å². The van der Waals surface area contributed by atoms with E-state index in [0.717, 1.165) is 4.88 Å². The van der Waals surface area contributed by atoms with Crippen molar-refractivity contribution in [3.05, 3.63) is 35.2 Å². The second kappa shape index (κ2) is 5.29. The van der Waals surface area contributed by atoms with Crippen molar-refractivity contribution in [3.63, 3.8) is 0 Å². The third kappa shape index (κ3) is 2.67. The predicted molar refractivity (Wildman–Crippen MR) is 85.2 cm³/mol. The standard InChI is InChI=1S/C14H14N2O4S2/c1-9-3-6-14(21-9)22(18,19)15-10-4-5-12-11(7-10)16(2)13(17)8-20-12/h3-7,15H,8H2,1-2H3. The number of carbonyl (C=O) groups is 1. The summed E-state index contributed by atoms with van der Waals surface area (Å²) in [7, 11) is -2.00. The number of ether oxygens (including phenoxy) is 1. The highest BCUT2D eigenvalue weighted by Crippen LogP contribution is 2.34. The van der Waals surface area contributed by atoms with Gasteiger partial charge < -0.3 is 9.64 Å². The van der Waals surface area contributed by atoms with Crippen LogP contribution < -0.4 is 14.4 Å². The van der Waals surface area contributed by atoms with E-state index in [-0.39, 0.29) is 16.7 Å². The minimum atomic E-state index is -3.63. The number of rotatable bonds is 3. The topological polar surface area (TPSA) is 75.7 Å². The zero-order valence-electron chi connectivity index (χ0n) is 12.0. The normalized spacial score (nSPS) is 14.5. The van der Waals surface area contributed by atoms with Crippen LogP contribution in [0.5, 0.6) is 5.75 Å². The number of hydrogen-bond acceptors (Lipinski definition) is 5. The Hall–Kier alpha value is -2.06. The summed E-state index contributed by atoms with van der Waals surface area (Å²) in [4.78, 5) is 14.0. The Balaban J connectivity index is 1.92. The number of aryl methyl sites for hydroxylation is 1. The fraction of sp³-hybridized carbons (Fsp3) is 0.214. The summed E-state index contributed by atoms with van der Waals surface area (Å²) in [5, 5.41) is 0. The summed E-state index contributed by atoms with van der Waals surface area (Å²) in [5.41, 5.74) is 0.925. The van der Waals surface area contributed by atoms with Gasteiger partial charge in [-0.15, -0.1) is 11.3 Å². The molecule has 0 fully saturated rings. The van der Waals surface area contributed by atoms with Crippen LogP contribution in [0.4, 0.5) is 11.4 Å². The lowest BCUT2D eigenvalue weighted by molar-refractivity contribution is -0.120. The molecule has 2 aromatic rings. The number of hydrogen-bond donors (Lipinski definition) is 1. The van der Waals surface area contributed by atoms with Crippen LogP contribution >= 0.6 is 11.3 Å². The second-order valence-electron chi connectivity index (χ2n) is 4.89. The molecule has 1 aromatic heterocycles. The maximum Gasteiger partial charge on any atom is 0.271 e. The van der Waals surface area contributed by atoms with Crippen LogP contribution in [0.25, 0.3) is 0 Å². The van der Waals surface area contributed by atoms with Crippen LogP contribution in [0.2, 0.25) is 0 Å². The summed E-state index contributed by atoms with van der Waals surface area (Å²) >= 11 is 1.20. The molecule has 22 heavy (non-hydrogen) atoms. The zero-order chi connectivity index (χ0) is 15.9. The smallest absolute Gasteiger partial charge is 0.271 e. The molecule has 0 atom stereocenters. The largest absolute Gasteiger partial charge is 0.482 e. The maximum atomic E-state index is 12.3. The highest BCUT2D eigenvalue weighted by Gasteiger charge is 2.23. The number of anilines is 2. The monoisotopic (exact) mass is 338 g/mol. The summed E-state index contributed by atoms with van der Waals surface area (Å²) in [6, 6.07) is 8.17. The molecule has 0 radical (unpaired) electrons. The number of fused-ring (bicyclic) bond motifs is 1. The van der Waals surface area contributed by atoms with Gasteiger partial charge >= 0.3 is 0 Å². The molecule has 116 valence electrons. The van der Waals surface area contributed by atoms with Gasteiger partial charge in [0.25, 0.3) is 15.9 Å². The van der Waals surface area contributed by atoms with Crippen LogP contribution in [0.15, 0.2) is 34.5 Å². The maximum absolute atomic E-state index is 12.3. The fourth-order valence-electron chi connectivity index (χ4n) is 2.10. The molecule has 0 saturated heterocycles. The van der Waals surface area contributed by atoms with Crippen molar-refractivity contribution in [2.24, 2.45) is 0 Å². The van der Waals surface area contributed by atoms with Crippen LogP contribution in [0.3, 0.4) is 0 Å². The third-order valence-corrected chi connectivity index (χ3v) is 6.15. The third-order valence-electron chi connectivity index (χ3n) is 3.28. The van der Waals surface area contributed by atoms with Crippen LogP contribution in [-0.2, 0) is 14.8 Å². The van der Waals surface area contributed by atoms with Crippen molar-refractivity contribution in [2.45, 2.75) is 11.1 Å². The summed E-state index contributed by atoms with van der Waals surface area (Å²) in [5.74, 6) is 0.374. The number of sulfonamides is 1. The zero-order valence-corrected chi connectivity index (χ0v) is 13.6. The number of nitrogens with one attached hydrogen (secondary N) is 1. The van der Waals surface area contributed by atoms with E-state index in [1.54, 1.807) is 37.4 Å². The van der Waals surface area contributed by atoms with Gasteiger partial charge in [-0.25, -0.2) is 8.42 Å². The van der Waals surface area contributed by atoms with Crippen molar-refractivity contribution in [1.29, 1.82) is 0 Å². The van der Waals surface area contributed by atoms with Gasteiger partial charge in [0.15, 0.2) is 6.61 Å². The molecule has 1 N–H and O–H groups in total. The Morgan fingerprint density at radius 3 is 2.73 bits per heavy atom. The first kappa shape index (κ1) is 14.9. The van der Waals surface area contributed by atoms with E-state index < -0.39 is 10.0 Å². The van der Waals surface area contributed by atoms with Crippen molar-refractivity contribution < 1.29 is 17.9 Å². The van der Waals surface area contributed by atoms with Gasteiger partial charge in [0.1, 0.15) is 9.96 Å². The van der Waals surface area contributed by atoms with Crippen molar-refractivity contribution in [3.8, 4) is 5.75 Å². The van der Waals surface area contributed by atoms with E-state index in [1.165, 1.54) is 16.2 Å². The molecule has 1 aliphatic rings. The van der Waals surface area contributed by atoms with E-state index in [9.17, 15) is 13.2 Å². The molecule has 6 nitrogen and oxygen atoms in total. The summed E-state index contributed by atoms with van der Waals surface area (Å²) < 4.78 is 32.7. The molecule has 1 aromatic carbocycles. The molecule has 1 aliphatic heterocycles. The Kier molecular flexibility index (Phi) is 3.57. The summed E-state index contributed by atoms with van der Waals surface area (Å²) in [6.45, 7) is 1.84. The van der Waals surface area contributed by atoms with Crippen molar-refractivity contribution in [2.75, 3.05) is 23.3 Å². The quantitative estimate of drug-likeness (QED) is 0.931. The molecule has 3 rings (SSSR count). The lowest BCUT2D eigenvalue weighted by Crippen LogP contribution is -2.35. The Labute approximate surface area is 132 Å². The van der Waals surface area contributed by atoms with Gasteiger partial charge in [0.2, 0.25) is 0 Å². The van der Waals surface area contributed by atoms with Gasteiger partial charge in [0.05, 0.1) is 11.4 Å². The van der Waals surface area contributed by atoms with Gasteiger partial charge in [-0.2, -0.15) is 0 Å². The summed E-state index contributed by atoms with van der Waals surface area (Å²) in [6.07, 6.45) is 0. The molecular formula is C14H14N2O4S2. The number of nitrogens with zero attached hydrogens (tertiary/aromatic N) is 1. The van der Waals surface area contributed by atoms with Crippen LogP contribution in [-0.4, -0.2) is 28.0 Å². The number of likely N-dealkylation sites (N-methyl/N-ethyl adjacent to an activating group) is 1. The van der Waals surface area contributed by atoms with Gasteiger partial charge in [-0.05, 0) is 37.3 Å². The second-order valence-corrected chi connectivity index (χ2v) is 8.09. The fourth-order valence-corrected chi connectivity index (χ4v) is 4.43.